The van der Waals surface area contributed by atoms with Gasteiger partial charge in [-0.3, -0.25) is 0 Å². The number of rotatable bonds is 6. The van der Waals surface area contributed by atoms with Gasteiger partial charge in [-0.2, -0.15) is 0 Å². The highest BCUT2D eigenvalue weighted by atomic mass is 32.2. The Balaban J connectivity index is 1.90. The molecule has 1 saturated carbocycles. The van der Waals surface area contributed by atoms with Crippen molar-refractivity contribution in [3.63, 3.8) is 0 Å². The predicted molar refractivity (Wildman–Crippen MR) is 91.8 cm³/mol. The number of aromatic nitrogens is 1. The molecule has 2 nitrogen and oxygen atoms in total. The van der Waals surface area contributed by atoms with Crippen molar-refractivity contribution in [2.24, 2.45) is 5.92 Å². The molecule has 1 N–H and O–H groups in total. The van der Waals surface area contributed by atoms with Crippen molar-refractivity contribution in [1.29, 1.82) is 0 Å². The van der Waals surface area contributed by atoms with Gasteiger partial charge in [0.2, 0.25) is 0 Å². The van der Waals surface area contributed by atoms with Gasteiger partial charge in [0.15, 0.2) is 0 Å². The smallest absolute Gasteiger partial charge is 0.101 e. The van der Waals surface area contributed by atoms with Gasteiger partial charge in [-0.25, -0.2) is 4.98 Å². The molecule has 3 heteroatoms. The Morgan fingerprint density at radius 2 is 2.00 bits per heavy atom. The molecule has 1 aromatic heterocycles. The van der Waals surface area contributed by atoms with Crippen molar-refractivity contribution in [2.75, 3.05) is 0 Å². The van der Waals surface area contributed by atoms with Crippen LogP contribution in [0, 0.1) is 5.92 Å². The maximum Gasteiger partial charge on any atom is 0.101 e. The molecular formula is C18H24N2S. The van der Waals surface area contributed by atoms with Gasteiger partial charge in [0.25, 0.3) is 0 Å². The van der Waals surface area contributed by atoms with Crippen LogP contribution in [0.4, 0.5) is 0 Å². The molecule has 3 rings (SSSR count). The Kier molecular flexibility index (Phi) is 4.51. The van der Waals surface area contributed by atoms with E-state index in [9.17, 15) is 0 Å². The first-order valence-electron chi connectivity index (χ1n) is 7.92. The summed E-state index contributed by atoms with van der Waals surface area (Å²) in [5, 5.41) is 6.65. The average Bonchev–Trinajstić information content (AvgIpc) is 3.29. The van der Waals surface area contributed by atoms with E-state index in [1.165, 1.54) is 28.8 Å². The second kappa shape index (κ2) is 6.37. The summed E-state index contributed by atoms with van der Waals surface area (Å²) in [5.41, 5.74) is 2.45. The van der Waals surface area contributed by atoms with Gasteiger partial charge in [-0.15, -0.1) is 11.8 Å². The van der Waals surface area contributed by atoms with E-state index >= 15 is 0 Å². The first kappa shape index (κ1) is 14.9. The van der Waals surface area contributed by atoms with Crippen LogP contribution in [0.2, 0.25) is 0 Å². The quantitative estimate of drug-likeness (QED) is 0.788. The third-order valence-electron chi connectivity index (χ3n) is 4.16. The average molecular weight is 300 g/mol. The number of fused-ring (bicyclic) bond motifs is 1. The topological polar surface area (TPSA) is 24.9 Å². The third-order valence-corrected chi connectivity index (χ3v) is 5.65. The molecule has 1 atom stereocenters. The lowest BCUT2D eigenvalue weighted by molar-refractivity contribution is 0.639. The summed E-state index contributed by atoms with van der Waals surface area (Å²) >= 11 is 1.91. The van der Waals surface area contributed by atoms with Crippen LogP contribution >= 0.6 is 11.8 Å². The Hall–Kier alpha value is -1.06. The zero-order chi connectivity index (χ0) is 14.8. The summed E-state index contributed by atoms with van der Waals surface area (Å²) in [6.45, 7) is 7.79. The Morgan fingerprint density at radius 1 is 1.24 bits per heavy atom. The number of hydrogen-bond donors (Lipinski definition) is 1. The summed E-state index contributed by atoms with van der Waals surface area (Å²) in [6, 6.07) is 11.5. The molecule has 0 spiro atoms. The largest absolute Gasteiger partial charge is 0.310 e. The van der Waals surface area contributed by atoms with Crippen molar-refractivity contribution < 1.29 is 0 Å². The molecule has 1 aromatic carbocycles. The highest BCUT2D eigenvalue weighted by molar-refractivity contribution is 7.99. The zero-order valence-electron chi connectivity index (χ0n) is 13.1. The van der Waals surface area contributed by atoms with Gasteiger partial charge in [0.05, 0.1) is 5.52 Å². The minimum Gasteiger partial charge on any atom is -0.310 e. The Morgan fingerprint density at radius 3 is 2.71 bits per heavy atom. The summed E-state index contributed by atoms with van der Waals surface area (Å²) in [5.74, 6) is 0.660. The summed E-state index contributed by atoms with van der Waals surface area (Å²) in [6.07, 6.45) is 2.65. The first-order chi connectivity index (χ1) is 10.1. The van der Waals surface area contributed by atoms with Crippen LogP contribution in [-0.4, -0.2) is 16.3 Å². The van der Waals surface area contributed by atoms with Crippen molar-refractivity contribution >= 4 is 22.7 Å². The fourth-order valence-electron chi connectivity index (χ4n) is 2.22. The zero-order valence-corrected chi connectivity index (χ0v) is 13.9. The highest BCUT2D eigenvalue weighted by Gasteiger charge is 2.21. The molecule has 0 radical (unpaired) electrons. The van der Waals surface area contributed by atoms with Crippen molar-refractivity contribution in [2.45, 2.75) is 56.5 Å². The molecule has 1 aliphatic carbocycles. The second-order valence-electron chi connectivity index (χ2n) is 6.37. The van der Waals surface area contributed by atoms with Crippen LogP contribution in [-0.2, 0) is 6.54 Å². The molecule has 0 bridgehead atoms. The molecule has 0 amide bonds. The molecule has 1 unspecified atom stereocenters. The van der Waals surface area contributed by atoms with Gasteiger partial charge in [-0.1, -0.05) is 39.0 Å². The number of nitrogens with one attached hydrogen (secondary N) is 1. The van der Waals surface area contributed by atoms with Crippen LogP contribution in [0.25, 0.3) is 10.9 Å². The van der Waals surface area contributed by atoms with E-state index in [1.54, 1.807) is 0 Å². The first-order valence-corrected chi connectivity index (χ1v) is 8.80. The lowest BCUT2D eigenvalue weighted by Crippen LogP contribution is -2.17. The van der Waals surface area contributed by atoms with Crippen LogP contribution in [0.15, 0.2) is 35.4 Å². The van der Waals surface area contributed by atoms with Crippen molar-refractivity contribution in [3.8, 4) is 0 Å². The molecule has 1 heterocycles. The third kappa shape index (κ3) is 3.78. The summed E-state index contributed by atoms with van der Waals surface area (Å²) < 4.78 is 0. The minimum absolute atomic E-state index is 0.582. The van der Waals surface area contributed by atoms with Crippen molar-refractivity contribution in [3.05, 3.63) is 35.9 Å². The Bertz CT molecular complexity index is 620. The van der Waals surface area contributed by atoms with Gasteiger partial charge >= 0.3 is 0 Å². The number of pyridine rings is 1. The standard InChI is InChI=1S/C18H24N2S/c1-12(2)13(3)21-18-15(11-19-16-8-9-16)10-14-6-4-5-7-17(14)20-18/h4-7,10,12-13,16,19H,8-9,11H2,1-3H3. The summed E-state index contributed by atoms with van der Waals surface area (Å²) in [4.78, 5) is 4.92. The fraction of sp³-hybridized carbons (Fsp3) is 0.500. The molecule has 0 aliphatic heterocycles. The van der Waals surface area contributed by atoms with E-state index in [-0.39, 0.29) is 0 Å². The van der Waals surface area contributed by atoms with E-state index < -0.39 is 0 Å². The molecule has 21 heavy (non-hydrogen) atoms. The van der Waals surface area contributed by atoms with Gasteiger partial charge in [-0.05, 0) is 36.5 Å². The SMILES string of the molecule is CC(C)C(C)Sc1nc2ccccc2cc1CNC1CC1. The van der Waals surface area contributed by atoms with Crippen LogP contribution in [0.3, 0.4) is 0 Å². The molecule has 2 aromatic rings. The fourth-order valence-corrected chi connectivity index (χ4v) is 3.28. The number of hydrogen-bond acceptors (Lipinski definition) is 3. The number of benzene rings is 1. The normalized spacial score (nSPS) is 16.6. The van der Waals surface area contributed by atoms with Gasteiger partial charge in [0.1, 0.15) is 5.03 Å². The van der Waals surface area contributed by atoms with Crippen LogP contribution in [0.5, 0.6) is 0 Å². The minimum atomic E-state index is 0.582. The molecule has 1 fully saturated rings. The maximum atomic E-state index is 4.92. The molecular weight excluding hydrogens is 276 g/mol. The van der Waals surface area contributed by atoms with E-state index in [0.717, 1.165) is 18.1 Å². The predicted octanol–water partition coefficient (Wildman–Crippen LogP) is 4.62. The number of thioether (sulfide) groups is 1. The maximum absolute atomic E-state index is 4.92. The lowest BCUT2D eigenvalue weighted by Gasteiger charge is -2.17. The van der Waals surface area contributed by atoms with Crippen LogP contribution < -0.4 is 5.32 Å². The van der Waals surface area contributed by atoms with Crippen molar-refractivity contribution in [1.82, 2.24) is 10.3 Å². The molecule has 1 aliphatic rings. The van der Waals surface area contributed by atoms with Crippen LogP contribution in [0.1, 0.15) is 39.2 Å². The van der Waals surface area contributed by atoms with E-state index in [2.05, 4.69) is 56.4 Å². The van der Waals surface area contributed by atoms with E-state index in [4.69, 9.17) is 4.98 Å². The summed E-state index contributed by atoms with van der Waals surface area (Å²) in [7, 11) is 0. The molecule has 0 saturated heterocycles. The molecule has 112 valence electrons. The van der Waals surface area contributed by atoms with Gasteiger partial charge < -0.3 is 5.32 Å². The second-order valence-corrected chi connectivity index (χ2v) is 7.73. The lowest BCUT2D eigenvalue weighted by atomic mass is 10.1. The van der Waals surface area contributed by atoms with Gasteiger partial charge in [0, 0.05) is 23.2 Å². The number of nitrogens with zero attached hydrogens (tertiary/aromatic N) is 1. The Labute approximate surface area is 131 Å². The van der Waals surface area contributed by atoms with E-state index in [0.29, 0.717) is 11.2 Å². The van der Waals surface area contributed by atoms with E-state index in [1.807, 2.05) is 11.8 Å². The monoisotopic (exact) mass is 300 g/mol. The number of para-hydroxylation sites is 1. The highest BCUT2D eigenvalue weighted by Crippen LogP contribution is 2.31.